The number of phenolic OH excluding ortho intramolecular Hbond substituents is 1. The van der Waals surface area contributed by atoms with Crippen molar-refractivity contribution in [2.24, 2.45) is 0 Å². The lowest BCUT2D eigenvalue weighted by atomic mass is 9.93. The van der Waals surface area contributed by atoms with Gasteiger partial charge in [0.2, 0.25) is 0 Å². The fourth-order valence-corrected chi connectivity index (χ4v) is 8.46. The van der Waals surface area contributed by atoms with Gasteiger partial charge in [-0.15, -0.1) is 0 Å². The summed E-state index contributed by atoms with van der Waals surface area (Å²) in [5.74, 6) is 0.842. The zero-order chi connectivity index (χ0) is 40.7. The van der Waals surface area contributed by atoms with E-state index >= 15 is 0 Å². The molecule has 0 aliphatic rings. The van der Waals surface area contributed by atoms with E-state index in [1.807, 2.05) is 24.3 Å². The Hall–Kier alpha value is -8.21. The molecule has 0 saturated heterocycles. The Morgan fingerprint density at radius 3 is 1.41 bits per heavy atom. The number of phenols is 1. The second kappa shape index (κ2) is 15.2. The maximum atomic E-state index is 11.0. The number of nitrogens with zero attached hydrogens (tertiary/aromatic N) is 3. The molecule has 0 aliphatic carbocycles. The fraction of sp³-hybridized carbons (Fsp3) is 0. The number of fused-ring (bicyclic) bond motifs is 5. The summed E-state index contributed by atoms with van der Waals surface area (Å²) < 4.78 is 0. The SMILES string of the molecule is Oc1cccc2c1nc(-c1cccc(-c3ccc(-c4cc(-c5ccc(-c6ccccc6)cc5)nc(-c5ccc(-c6ccccc6)cc5)n4)cc3)c1)c1ccc3ccccc3c12. The number of benzene rings is 9. The van der Waals surface area contributed by atoms with Gasteiger partial charge in [-0.1, -0.05) is 200 Å². The summed E-state index contributed by atoms with van der Waals surface area (Å²) in [6.45, 7) is 0. The summed E-state index contributed by atoms with van der Waals surface area (Å²) in [6.07, 6.45) is 0. The summed E-state index contributed by atoms with van der Waals surface area (Å²) in [5.41, 5.74) is 13.9. The van der Waals surface area contributed by atoms with Gasteiger partial charge >= 0.3 is 0 Å². The van der Waals surface area contributed by atoms with Gasteiger partial charge < -0.3 is 5.11 Å². The van der Waals surface area contributed by atoms with Crippen LogP contribution in [0.15, 0.2) is 218 Å². The highest BCUT2D eigenvalue weighted by Crippen LogP contribution is 2.40. The van der Waals surface area contributed by atoms with Gasteiger partial charge in [0.15, 0.2) is 5.82 Å². The molecule has 286 valence electrons. The summed E-state index contributed by atoms with van der Waals surface area (Å²) in [5, 5.41) is 16.4. The molecule has 11 aromatic rings. The highest BCUT2D eigenvalue weighted by molar-refractivity contribution is 6.23. The van der Waals surface area contributed by atoms with Gasteiger partial charge in [0, 0.05) is 38.4 Å². The van der Waals surface area contributed by atoms with E-state index < -0.39 is 0 Å². The lowest BCUT2D eigenvalue weighted by Gasteiger charge is -2.14. The minimum Gasteiger partial charge on any atom is -0.506 e. The van der Waals surface area contributed by atoms with Crippen LogP contribution in [0, 0.1) is 0 Å². The first-order chi connectivity index (χ1) is 30.1. The van der Waals surface area contributed by atoms with Crippen molar-refractivity contribution >= 4 is 32.4 Å². The predicted octanol–water partition coefficient (Wildman–Crippen LogP) is 14.7. The van der Waals surface area contributed by atoms with Crippen molar-refractivity contribution in [1.82, 2.24) is 15.0 Å². The zero-order valence-electron chi connectivity index (χ0n) is 33.1. The van der Waals surface area contributed by atoms with Crippen molar-refractivity contribution in [1.29, 1.82) is 0 Å². The van der Waals surface area contributed by atoms with Gasteiger partial charge in [-0.3, -0.25) is 0 Å². The van der Waals surface area contributed by atoms with Crippen LogP contribution in [0.25, 0.3) is 111 Å². The maximum Gasteiger partial charge on any atom is 0.160 e. The number of aromatic hydroxyl groups is 1. The third-order valence-electron chi connectivity index (χ3n) is 11.6. The molecular formula is C57H37N3O. The molecule has 0 unspecified atom stereocenters. The maximum absolute atomic E-state index is 11.0. The van der Waals surface area contributed by atoms with E-state index in [-0.39, 0.29) is 5.75 Å². The van der Waals surface area contributed by atoms with E-state index in [1.165, 1.54) is 11.1 Å². The van der Waals surface area contributed by atoms with Crippen LogP contribution in [0.1, 0.15) is 0 Å². The Morgan fingerprint density at radius 1 is 0.295 bits per heavy atom. The van der Waals surface area contributed by atoms with Crippen molar-refractivity contribution in [3.8, 4) is 84.3 Å². The van der Waals surface area contributed by atoms with Crippen LogP contribution < -0.4 is 0 Å². The van der Waals surface area contributed by atoms with E-state index in [1.54, 1.807) is 6.07 Å². The molecule has 9 aromatic carbocycles. The summed E-state index contributed by atoms with van der Waals surface area (Å²) in [6, 6.07) is 75.5. The molecule has 0 fully saturated rings. The average molecular weight is 780 g/mol. The highest BCUT2D eigenvalue weighted by Gasteiger charge is 2.17. The Labute approximate surface area is 353 Å². The monoisotopic (exact) mass is 779 g/mol. The minimum atomic E-state index is 0.171. The molecule has 0 atom stereocenters. The molecule has 0 aliphatic heterocycles. The number of para-hydroxylation sites is 1. The Morgan fingerprint density at radius 2 is 0.770 bits per heavy atom. The topological polar surface area (TPSA) is 58.9 Å². The number of pyridine rings is 1. The van der Waals surface area contributed by atoms with Gasteiger partial charge in [-0.25, -0.2) is 15.0 Å². The largest absolute Gasteiger partial charge is 0.506 e. The molecule has 2 aromatic heterocycles. The van der Waals surface area contributed by atoms with Gasteiger partial charge in [-0.05, 0) is 62.4 Å². The lowest BCUT2D eigenvalue weighted by molar-refractivity contribution is 0.480. The van der Waals surface area contributed by atoms with Crippen molar-refractivity contribution in [2.45, 2.75) is 0 Å². The Kier molecular flexibility index (Phi) is 8.94. The second-order valence-electron chi connectivity index (χ2n) is 15.3. The molecule has 2 heterocycles. The standard InChI is InChI=1S/C57H37N3O/c61-53-20-10-19-49-54-48-18-8-7-15-42(48)33-34-50(54)55(60-56(49)53)47-17-9-16-46(35-47)41-23-29-44(30-24-41)52-36-51(43-27-21-39(22-28-43)37-11-3-1-4-12-37)58-57(59-52)45-31-25-40(26-32-45)38-13-5-2-6-14-38/h1-36,61H. The van der Waals surface area contributed by atoms with Crippen LogP contribution in [-0.2, 0) is 0 Å². The number of hydrogen-bond donors (Lipinski definition) is 1. The summed E-state index contributed by atoms with van der Waals surface area (Å²) in [4.78, 5) is 15.4. The molecule has 1 N–H and O–H groups in total. The molecule has 11 rings (SSSR count). The van der Waals surface area contributed by atoms with E-state index in [2.05, 4.69) is 188 Å². The van der Waals surface area contributed by atoms with Gasteiger partial charge in [0.25, 0.3) is 0 Å². The molecule has 4 nitrogen and oxygen atoms in total. The van der Waals surface area contributed by atoms with Crippen LogP contribution in [0.4, 0.5) is 0 Å². The Bertz CT molecular complexity index is 3280. The number of hydrogen-bond acceptors (Lipinski definition) is 4. The molecule has 0 spiro atoms. The smallest absolute Gasteiger partial charge is 0.160 e. The normalized spacial score (nSPS) is 11.3. The summed E-state index contributed by atoms with van der Waals surface area (Å²) in [7, 11) is 0. The predicted molar refractivity (Wildman–Crippen MR) is 252 cm³/mol. The highest BCUT2D eigenvalue weighted by atomic mass is 16.3. The van der Waals surface area contributed by atoms with Gasteiger partial charge in [-0.2, -0.15) is 0 Å². The second-order valence-corrected chi connectivity index (χ2v) is 15.3. The number of rotatable bonds is 7. The molecule has 0 radical (unpaired) electrons. The fourth-order valence-electron chi connectivity index (χ4n) is 8.46. The van der Waals surface area contributed by atoms with Crippen LogP contribution in [-0.4, -0.2) is 20.1 Å². The molecule has 0 amide bonds. The van der Waals surface area contributed by atoms with E-state index in [4.69, 9.17) is 15.0 Å². The van der Waals surface area contributed by atoms with E-state index in [9.17, 15) is 5.11 Å². The summed E-state index contributed by atoms with van der Waals surface area (Å²) >= 11 is 0. The first kappa shape index (κ1) is 35.9. The van der Waals surface area contributed by atoms with Crippen molar-refractivity contribution in [2.75, 3.05) is 0 Å². The quantitative estimate of drug-likeness (QED) is 0.164. The molecule has 0 saturated carbocycles. The molecule has 4 heteroatoms. The molecule has 61 heavy (non-hydrogen) atoms. The molecule has 0 bridgehead atoms. The van der Waals surface area contributed by atoms with Crippen LogP contribution in [0.5, 0.6) is 5.75 Å². The van der Waals surface area contributed by atoms with Crippen molar-refractivity contribution in [3.63, 3.8) is 0 Å². The third kappa shape index (κ3) is 6.76. The zero-order valence-corrected chi connectivity index (χ0v) is 33.1. The van der Waals surface area contributed by atoms with Crippen molar-refractivity contribution < 1.29 is 5.11 Å². The first-order valence-corrected chi connectivity index (χ1v) is 20.5. The van der Waals surface area contributed by atoms with Gasteiger partial charge in [0.05, 0.1) is 17.1 Å². The Balaban J connectivity index is 0.975. The van der Waals surface area contributed by atoms with Crippen LogP contribution >= 0.6 is 0 Å². The molecular weight excluding hydrogens is 743 g/mol. The van der Waals surface area contributed by atoms with E-state index in [0.717, 1.165) is 88.5 Å². The van der Waals surface area contributed by atoms with Crippen molar-refractivity contribution in [3.05, 3.63) is 218 Å². The average Bonchev–Trinajstić information content (AvgIpc) is 3.34. The van der Waals surface area contributed by atoms with Crippen LogP contribution in [0.2, 0.25) is 0 Å². The number of aromatic nitrogens is 3. The minimum absolute atomic E-state index is 0.171. The van der Waals surface area contributed by atoms with Crippen LogP contribution in [0.3, 0.4) is 0 Å². The lowest BCUT2D eigenvalue weighted by Crippen LogP contribution is -1.96. The third-order valence-corrected chi connectivity index (χ3v) is 11.6. The van der Waals surface area contributed by atoms with Gasteiger partial charge in [0.1, 0.15) is 11.3 Å². The van der Waals surface area contributed by atoms with E-state index in [0.29, 0.717) is 11.3 Å². The first-order valence-electron chi connectivity index (χ1n) is 20.5.